The maximum Gasteiger partial charge on any atom is 0.234 e. The second kappa shape index (κ2) is 6.10. The molecule has 1 atom stereocenters. The van der Waals surface area contributed by atoms with Crippen LogP contribution in [0.1, 0.15) is 28.1 Å². The second-order valence-corrected chi connectivity index (χ2v) is 7.21. The van der Waals surface area contributed by atoms with Crippen LogP contribution < -0.4 is 9.47 Å². The molecule has 3 heterocycles. The molecule has 2 aromatic carbocycles. The maximum absolute atomic E-state index is 6.06. The maximum atomic E-state index is 6.06. The highest BCUT2D eigenvalue weighted by Crippen LogP contribution is 2.36. The van der Waals surface area contributed by atoms with Gasteiger partial charge in [0.15, 0.2) is 28.4 Å². The molecule has 0 spiro atoms. The molecule has 6 nitrogen and oxygen atoms in total. The minimum atomic E-state index is -0.233. The third-order valence-corrected chi connectivity index (χ3v) is 5.46. The van der Waals surface area contributed by atoms with Crippen molar-refractivity contribution in [3.05, 3.63) is 70.5 Å². The monoisotopic (exact) mass is 364 g/mol. The van der Waals surface area contributed by atoms with E-state index in [2.05, 4.69) is 29.3 Å². The fourth-order valence-corrected chi connectivity index (χ4v) is 3.90. The van der Waals surface area contributed by atoms with Crippen molar-refractivity contribution in [3.8, 4) is 11.5 Å². The number of aromatic nitrogens is 4. The number of para-hydroxylation sites is 2. The SMILES string of the molecule is Cc1ccccc1Cc1nnc2sc(C3COc4ccccc4O3)nn12. The van der Waals surface area contributed by atoms with Gasteiger partial charge in [0.05, 0.1) is 0 Å². The quantitative estimate of drug-likeness (QED) is 0.556. The summed E-state index contributed by atoms with van der Waals surface area (Å²) >= 11 is 1.49. The van der Waals surface area contributed by atoms with E-state index in [0.29, 0.717) is 13.0 Å². The number of aryl methyl sites for hydroxylation is 1. The summed E-state index contributed by atoms with van der Waals surface area (Å²) < 4.78 is 13.7. The van der Waals surface area contributed by atoms with Gasteiger partial charge in [0, 0.05) is 6.42 Å². The Hall–Kier alpha value is -2.93. The van der Waals surface area contributed by atoms with Crippen molar-refractivity contribution < 1.29 is 9.47 Å². The second-order valence-electron chi connectivity index (χ2n) is 6.22. The van der Waals surface area contributed by atoms with Gasteiger partial charge in [0.2, 0.25) is 4.96 Å². The van der Waals surface area contributed by atoms with Crippen LogP contribution in [0.15, 0.2) is 48.5 Å². The zero-order valence-electron chi connectivity index (χ0n) is 14.1. The third-order valence-electron chi connectivity index (χ3n) is 4.46. The first-order valence-corrected chi connectivity index (χ1v) is 9.23. The number of hydrogen-bond acceptors (Lipinski definition) is 6. The molecular weight excluding hydrogens is 348 g/mol. The molecule has 7 heteroatoms. The van der Waals surface area contributed by atoms with Gasteiger partial charge in [-0.25, -0.2) is 0 Å². The van der Waals surface area contributed by atoms with Crippen molar-refractivity contribution in [1.29, 1.82) is 0 Å². The molecule has 0 saturated heterocycles. The lowest BCUT2D eigenvalue weighted by Gasteiger charge is -2.24. The summed E-state index contributed by atoms with van der Waals surface area (Å²) in [5, 5.41) is 14.1. The number of rotatable bonds is 3. The van der Waals surface area contributed by atoms with Crippen molar-refractivity contribution in [2.75, 3.05) is 6.61 Å². The van der Waals surface area contributed by atoms with E-state index in [1.54, 1.807) is 0 Å². The van der Waals surface area contributed by atoms with Crippen LogP contribution >= 0.6 is 11.3 Å². The number of nitrogens with zero attached hydrogens (tertiary/aromatic N) is 4. The van der Waals surface area contributed by atoms with Crippen LogP contribution in [0.3, 0.4) is 0 Å². The molecule has 0 saturated carbocycles. The molecule has 0 radical (unpaired) electrons. The zero-order valence-corrected chi connectivity index (χ0v) is 14.9. The molecule has 5 rings (SSSR count). The molecule has 1 aliphatic heterocycles. The standard InChI is InChI=1S/C19H16N4O2S/c1-12-6-2-3-7-13(12)10-17-20-21-19-23(17)22-18(26-19)16-11-24-14-8-4-5-9-15(14)25-16/h2-9,16H,10-11H2,1H3. The van der Waals surface area contributed by atoms with Crippen molar-refractivity contribution >= 4 is 16.3 Å². The van der Waals surface area contributed by atoms with E-state index in [1.165, 1.54) is 22.5 Å². The number of fused-ring (bicyclic) bond motifs is 2. The molecule has 0 aliphatic carbocycles. The van der Waals surface area contributed by atoms with E-state index in [0.717, 1.165) is 27.3 Å². The van der Waals surface area contributed by atoms with Crippen molar-refractivity contribution in [2.24, 2.45) is 0 Å². The van der Waals surface area contributed by atoms with Gasteiger partial charge in [-0.1, -0.05) is 47.7 Å². The van der Waals surface area contributed by atoms with Crippen LogP contribution in [-0.4, -0.2) is 26.4 Å². The molecule has 26 heavy (non-hydrogen) atoms. The van der Waals surface area contributed by atoms with Gasteiger partial charge < -0.3 is 9.47 Å². The third kappa shape index (κ3) is 2.61. The summed E-state index contributed by atoms with van der Waals surface area (Å²) in [6.07, 6.45) is 0.463. The summed E-state index contributed by atoms with van der Waals surface area (Å²) in [4.78, 5) is 0.769. The van der Waals surface area contributed by atoms with E-state index < -0.39 is 0 Å². The van der Waals surface area contributed by atoms with E-state index in [9.17, 15) is 0 Å². The predicted molar refractivity (Wildman–Crippen MR) is 98.0 cm³/mol. The normalized spacial score (nSPS) is 16.1. The Labute approximate surface area is 154 Å². The van der Waals surface area contributed by atoms with E-state index in [1.807, 2.05) is 40.9 Å². The Kier molecular flexibility index (Phi) is 3.60. The summed E-state index contributed by atoms with van der Waals surface area (Å²) in [5.74, 6) is 2.34. The number of benzene rings is 2. The largest absolute Gasteiger partial charge is 0.485 e. The Bertz CT molecular complexity index is 1090. The van der Waals surface area contributed by atoms with Crippen LogP contribution in [0.5, 0.6) is 11.5 Å². The number of hydrogen-bond donors (Lipinski definition) is 0. The fraction of sp³-hybridized carbons (Fsp3) is 0.211. The van der Waals surface area contributed by atoms with E-state index in [-0.39, 0.29) is 6.10 Å². The summed E-state index contributed by atoms with van der Waals surface area (Å²) in [7, 11) is 0. The fourth-order valence-electron chi connectivity index (χ4n) is 3.03. The van der Waals surface area contributed by atoms with Gasteiger partial charge in [0.1, 0.15) is 6.61 Å². The first-order valence-electron chi connectivity index (χ1n) is 8.42. The molecule has 0 fully saturated rings. The highest BCUT2D eigenvalue weighted by molar-refractivity contribution is 7.16. The van der Waals surface area contributed by atoms with Crippen LogP contribution in [0.25, 0.3) is 4.96 Å². The Morgan fingerprint density at radius 1 is 1.08 bits per heavy atom. The number of ether oxygens (including phenoxy) is 2. The van der Waals surface area contributed by atoms with Crippen LogP contribution in [-0.2, 0) is 6.42 Å². The topological polar surface area (TPSA) is 61.5 Å². The van der Waals surface area contributed by atoms with Gasteiger partial charge in [0.25, 0.3) is 0 Å². The first kappa shape index (κ1) is 15.3. The van der Waals surface area contributed by atoms with Gasteiger partial charge in [-0.2, -0.15) is 9.61 Å². The van der Waals surface area contributed by atoms with Crippen LogP contribution in [0, 0.1) is 6.92 Å². The van der Waals surface area contributed by atoms with Gasteiger partial charge >= 0.3 is 0 Å². The van der Waals surface area contributed by atoms with Crippen molar-refractivity contribution in [1.82, 2.24) is 19.8 Å². The molecule has 0 N–H and O–H groups in total. The highest BCUT2D eigenvalue weighted by Gasteiger charge is 2.26. The van der Waals surface area contributed by atoms with E-state index in [4.69, 9.17) is 14.6 Å². The van der Waals surface area contributed by atoms with E-state index >= 15 is 0 Å². The highest BCUT2D eigenvalue weighted by atomic mass is 32.1. The summed E-state index contributed by atoms with van der Waals surface area (Å²) in [5.41, 5.74) is 2.46. The molecule has 0 amide bonds. The average molecular weight is 364 g/mol. The minimum absolute atomic E-state index is 0.233. The lowest BCUT2D eigenvalue weighted by atomic mass is 10.1. The molecule has 1 unspecified atom stereocenters. The molecule has 130 valence electrons. The summed E-state index contributed by atoms with van der Waals surface area (Å²) in [6.45, 7) is 2.54. The molecule has 0 bridgehead atoms. The first-order chi connectivity index (χ1) is 12.8. The van der Waals surface area contributed by atoms with Crippen molar-refractivity contribution in [3.63, 3.8) is 0 Å². The van der Waals surface area contributed by atoms with Crippen LogP contribution in [0.2, 0.25) is 0 Å². The lowest BCUT2D eigenvalue weighted by molar-refractivity contribution is 0.0904. The molecule has 1 aliphatic rings. The predicted octanol–water partition coefficient (Wildman–Crippen LogP) is 3.60. The lowest BCUT2D eigenvalue weighted by Crippen LogP contribution is -2.21. The average Bonchev–Trinajstić information content (AvgIpc) is 3.25. The Balaban J connectivity index is 1.45. The zero-order chi connectivity index (χ0) is 17.5. The smallest absolute Gasteiger partial charge is 0.234 e. The molecular formula is C19H16N4O2S. The van der Waals surface area contributed by atoms with Crippen LogP contribution in [0.4, 0.5) is 0 Å². The molecule has 4 aromatic rings. The van der Waals surface area contributed by atoms with Gasteiger partial charge in [-0.05, 0) is 30.2 Å². The minimum Gasteiger partial charge on any atom is -0.485 e. The Morgan fingerprint density at radius 3 is 2.77 bits per heavy atom. The van der Waals surface area contributed by atoms with Crippen molar-refractivity contribution in [2.45, 2.75) is 19.4 Å². The Morgan fingerprint density at radius 2 is 1.88 bits per heavy atom. The summed E-state index contributed by atoms with van der Waals surface area (Å²) in [6, 6.07) is 16.0. The van der Waals surface area contributed by atoms with Gasteiger partial charge in [-0.15, -0.1) is 10.2 Å². The molecule has 2 aromatic heterocycles. The van der Waals surface area contributed by atoms with Gasteiger partial charge in [-0.3, -0.25) is 0 Å².